The van der Waals surface area contributed by atoms with Gasteiger partial charge in [-0.3, -0.25) is 0 Å². The first-order valence-electron chi connectivity index (χ1n) is 7.31. The molecule has 0 aromatic carbocycles. The summed E-state index contributed by atoms with van der Waals surface area (Å²) < 4.78 is 0. The SMILES string of the molecule is C1=CCC(CNCC2CCCCC2)CCC1. The van der Waals surface area contributed by atoms with Crippen LogP contribution >= 0.6 is 0 Å². The Morgan fingerprint density at radius 1 is 0.812 bits per heavy atom. The van der Waals surface area contributed by atoms with Crippen molar-refractivity contribution in [1.29, 1.82) is 0 Å². The molecule has 1 heteroatoms. The molecule has 0 aromatic rings. The standard InChI is InChI=1S/C15H27N/c1-2-5-9-14(8-4-1)12-16-13-15-10-6-3-7-11-15/h1,4,14-16H,2-3,5-13H2. The first kappa shape index (κ1) is 12.2. The predicted octanol–water partition coefficient (Wildman–Crippen LogP) is 3.90. The topological polar surface area (TPSA) is 12.0 Å². The molecule has 1 saturated carbocycles. The Bertz CT molecular complexity index is 203. The molecule has 92 valence electrons. The molecule has 2 aliphatic rings. The number of hydrogen-bond donors (Lipinski definition) is 1. The zero-order valence-electron chi connectivity index (χ0n) is 10.6. The fourth-order valence-corrected chi connectivity index (χ4v) is 3.12. The van der Waals surface area contributed by atoms with Gasteiger partial charge in [0, 0.05) is 0 Å². The van der Waals surface area contributed by atoms with Crippen molar-refractivity contribution in [3.63, 3.8) is 0 Å². The van der Waals surface area contributed by atoms with E-state index in [2.05, 4.69) is 17.5 Å². The number of hydrogen-bond acceptors (Lipinski definition) is 1. The number of allylic oxidation sites excluding steroid dienone is 2. The molecule has 0 spiro atoms. The van der Waals surface area contributed by atoms with Crippen LogP contribution in [0.3, 0.4) is 0 Å². The molecule has 1 fully saturated rings. The lowest BCUT2D eigenvalue weighted by molar-refractivity contribution is 0.329. The molecular formula is C15H27N. The molecule has 16 heavy (non-hydrogen) atoms. The van der Waals surface area contributed by atoms with Crippen LogP contribution in [0.2, 0.25) is 0 Å². The van der Waals surface area contributed by atoms with Crippen molar-refractivity contribution in [1.82, 2.24) is 5.32 Å². The maximum absolute atomic E-state index is 3.72. The Kier molecular flexibility index (Phi) is 5.41. The molecule has 0 aromatic heterocycles. The minimum Gasteiger partial charge on any atom is -0.316 e. The summed E-state index contributed by atoms with van der Waals surface area (Å²) in [5.74, 6) is 1.89. The van der Waals surface area contributed by atoms with Crippen LogP contribution in [-0.4, -0.2) is 13.1 Å². The van der Waals surface area contributed by atoms with E-state index < -0.39 is 0 Å². The van der Waals surface area contributed by atoms with Gasteiger partial charge in [0.1, 0.15) is 0 Å². The summed E-state index contributed by atoms with van der Waals surface area (Å²) in [6.45, 7) is 2.53. The Labute approximate surface area is 101 Å². The molecular weight excluding hydrogens is 194 g/mol. The summed E-state index contributed by atoms with van der Waals surface area (Å²) in [4.78, 5) is 0. The van der Waals surface area contributed by atoms with Crippen LogP contribution in [0, 0.1) is 11.8 Å². The second-order valence-electron chi connectivity index (χ2n) is 5.67. The summed E-state index contributed by atoms with van der Waals surface area (Å²) in [7, 11) is 0. The molecule has 1 unspecified atom stereocenters. The van der Waals surface area contributed by atoms with Gasteiger partial charge in [0.2, 0.25) is 0 Å². The van der Waals surface area contributed by atoms with Gasteiger partial charge in [-0.25, -0.2) is 0 Å². The quantitative estimate of drug-likeness (QED) is 0.710. The molecule has 0 aliphatic heterocycles. The maximum atomic E-state index is 3.72. The second-order valence-corrected chi connectivity index (χ2v) is 5.67. The molecule has 0 heterocycles. The third-order valence-corrected chi connectivity index (χ3v) is 4.21. The van der Waals surface area contributed by atoms with E-state index in [0.717, 1.165) is 11.8 Å². The van der Waals surface area contributed by atoms with E-state index in [-0.39, 0.29) is 0 Å². The van der Waals surface area contributed by atoms with Gasteiger partial charge in [-0.15, -0.1) is 0 Å². The number of nitrogens with one attached hydrogen (secondary N) is 1. The van der Waals surface area contributed by atoms with E-state index in [1.54, 1.807) is 0 Å². The molecule has 1 nitrogen and oxygen atoms in total. The van der Waals surface area contributed by atoms with Gasteiger partial charge in [-0.1, -0.05) is 31.4 Å². The smallest absolute Gasteiger partial charge is 0.00174 e. The van der Waals surface area contributed by atoms with Gasteiger partial charge >= 0.3 is 0 Å². The van der Waals surface area contributed by atoms with Crippen molar-refractivity contribution in [2.24, 2.45) is 11.8 Å². The third-order valence-electron chi connectivity index (χ3n) is 4.21. The highest BCUT2D eigenvalue weighted by atomic mass is 14.9. The molecule has 2 aliphatic carbocycles. The molecule has 0 radical (unpaired) electrons. The Morgan fingerprint density at radius 2 is 1.56 bits per heavy atom. The normalized spacial score (nSPS) is 27.9. The summed E-state index contributed by atoms with van der Waals surface area (Å²) in [5, 5.41) is 3.72. The Morgan fingerprint density at radius 3 is 2.44 bits per heavy atom. The van der Waals surface area contributed by atoms with Gasteiger partial charge < -0.3 is 5.32 Å². The third kappa shape index (κ3) is 4.29. The maximum Gasteiger partial charge on any atom is -0.00174 e. The van der Waals surface area contributed by atoms with Crippen LogP contribution in [0.15, 0.2) is 12.2 Å². The zero-order valence-corrected chi connectivity index (χ0v) is 10.6. The van der Waals surface area contributed by atoms with E-state index >= 15 is 0 Å². The number of rotatable bonds is 4. The summed E-state index contributed by atoms with van der Waals surface area (Å²) in [6, 6.07) is 0. The summed E-state index contributed by atoms with van der Waals surface area (Å²) >= 11 is 0. The van der Waals surface area contributed by atoms with Crippen molar-refractivity contribution in [2.75, 3.05) is 13.1 Å². The second kappa shape index (κ2) is 7.11. The van der Waals surface area contributed by atoms with Gasteiger partial charge in [0.25, 0.3) is 0 Å². The van der Waals surface area contributed by atoms with Crippen LogP contribution in [-0.2, 0) is 0 Å². The predicted molar refractivity (Wildman–Crippen MR) is 70.5 cm³/mol. The Hall–Kier alpha value is -0.300. The molecule has 0 bridgehead atoms. The summed E-state index contributed by atoms with van der Waals surface area (Å²) in [6.07, 6.45) is 17.5. The molecule has 1 atom stereocenters. The van der Waals surface area contributed by atoms with Crippen LogP contribution in [0.5, 0.6) is 0 Å². The van der Waals surface area contributed by atoms with Crippen molar-refractivity contribution < 1.29 is 0 Å². The van der Waals surface area contributed by atoms with Gasteiger partial charge in [0.05, 0.1) is 0 Å². The fourth-order valence-electron chi connectivity index (χ4n) is 3.12. The summed E-state index contributed by atoms with van der Waals surface area (Å²) in [5.41, 5.74) is 0. The molecule has 0 saturated heterocycles. The van der Waals surface area contributed by atoms with Crippen LogP contribution in [0.1, 0.15) is 57.8 Å². The van der Waals surface area contributed by atoms with E-state index in [0.29, 0.717) is 0 Å². The highest BCUT2D eigenvalue weighted by Gasteiger charge is 2.14. The van der Waals surface area contributed by atoms with E-state index in [1.807, 2.05) is 0 Å². The average molecular weight is 221 g/mol. The van der Waals surface area contributed by atoms with Crippen molar-refractivity contribution in [2.45, 2.75) is 57.8 Å². The van der Waals surface area contributed by atoms with Gasteiger partial charge in [-0.2, -0.15) is 0 Å². The van der Waals surface area contributed by atoms with Crippen molar-refractivity contribution in [3.8, 4) is 0 Å². The van der Waals surface area contributed by atoms with Gasteiger partial charge in [0.15, 0.2) is 0 Å². The van der Waals surface area contributed by atoms with Crippen LogP contribution in [0.4, 0.5) is 0 Å². The first-order valence-corrected chi connectivity index (χ1v) is 7.31. The molecule has 2 rings (SSSR count). The van der Waals surface area contributed by atoms with Gasteiger partial charge in [-0.05, 0) is 63.5 Å². The average Bonchev–Trinajstić information content (AvgIpc) is 2.59. The van der Waals surface area contributed by atoms with Crippen LogP contribution in [0.25, 0.3) is 0 Å². The van der Waals surface area contributed by atoms with E-state index in [4.69, 9.17) is 0 Å². The Balaban J connectivity index is 1.57. The fraction of sp³-hybridized carbons (Fsp3) is 0.867. The minimum atomic E-state index is 0.905. The zero-order chi connectivity index (χ0) is 11.1. The molecule has 0 amide bonds. The van der Waals surface area contributed by atoms with E-state index in [9.17, 15) is 0 Å². The first-order chi connectivity index (χ1) is 7.95. The minimum absolute atomic E-state index is 0.905. The monoisotopic (exact) mass is 221 g/mol. The molecule has 1 N–H and O–H groups in total. The lowest BCUT2D eigenvalue weighted by atomic mass is 9.89. The highest BCUT2D eigenvalue weighted by molar-refractivity contribution is 4.88. The van der Waals surface area contributed by atoms with Crippen molar-refractivity contribution >= 4 is 0 Å². The van der Waals surface area contributed by atoms with Crippen molar-refractivity contribution in [3.05, 3.63) is 12.2 Å². The lowest BCUT2D eigenvalue weighted by Crippen LogP contribution is -2.29. The van der Waals surface area contributed by atoms with E-state index in [1.165, 1.54) is 70.9 Å². The van der Waals surface area contributed by atoms with Crippen LogP contribution < -0.4 is 5.32 Å². The lowest BCUT2D eigenvalue weighted by Gasteiger charge is -2.23. The highest BCUT2D eigenvalue weighted by Crippen LogP contribution is 2.23. The largest absolute Gasteiger partial charge is 0.316 e.